The molecule has 19 heavy (non-hydrogen) atoms. The summed E-state index contributed by atoms with van der Waals surface area (Å²) in [6.07, 6.45) is 1.85. The zero-order chi connectivity index (χ0) is 13.7. The van der Waals surface area contributed by atoms with Gasteiger partial charge in [-0.1, -0.05) is 30.3 Å². The number of hydrogen-bond acceptors (Lipinski definition) is 6. The highest BCUT2D eigenvalue weighted by Gasteiger charge is 2.11. The quantitative estimate of drug-likeness (QED) is 0.594. The zero-order valence-electron chi connectivity index (χ0n) is 10.1. The maximum atomic E-state index is 10.7. The van der Waals surface area contributed by atoms with E-state index in [1.807, 2.05) is 30.3 Å². The summed E-state index contributed by atoms with van der Waals surface area (Å²) in [6.45, 7) is 0.479. The number of benzene rings is 1. The Bertz CT molecular complexity index is 561. The lowest BCUT2D eigenvalue weighted by Crippen LogP contribution is -2.35. The first-order valence-corrected chi connectivity index (χ1v) is 5.65. The van der Waals surface area contributed by atoms with Crippen LogP contribution in [0.5, 0.6) is 0 Å². The third-order valence-corrected chi connectivity index (χ3v) is 2.49. The van der Waals surface area contributed by atoms with Crippen molar-refractivity contribution in [3.63, 3.8) is 0 Å². The molecule has 0 saturated carbocycles. The summed E-state index contributed by atoms with van der Waals surface area (Å²) in [4.78, 5) is 21.9. The third kappa shape index (κ3) is 3.46. The van der Waals surface area contributed by atoms with E-state index < -0.39 is 5.97 Å². The Morgan fingerprint density at radius 3 is 2.68 bits per heavy atom. The summed E-state index contributed by atoms with van der Waals surface area (Å²) in [5, 5.41) is 10.1. The monoisotopic (exact) mass is 259 g/mol. The lowest BCUT2D eigenvalue weighted by atomic mass is 10.1. The number of hydrogen-bond donors (Lipinski definition) is 2. The van der Waals surface area contributed by atoms with Crippen molar-refractivity contribution in [1.82, 2.24) is 15.0 Å². The minimum absolute atomic E-state index is 0.142. The molecule has 98 valence electrons. The van der Waals surface area contributed by atoms with E-state index >= 15 is 0 Å². The van der Waals surface area contributed by atoms with Crippen molar-refractivity contribution >= 4 is 11.9 Å². The van der Waals surface area contributed by atoms with Gasteiger partial charge in [0.25, 0.3) is 0 Å². The molecule has 2 rings (SSSR count). The summed E-state index contributed by atoms with van der Waals surface area (Å²) < 4.78 is 0. The van der Waals surface area contributed by atoms with Crippen molar-refractivity contribution in [3.05, 3.63) is 48.0 Å². The number of carbonyl (C=O) groups is 1. The van der Waals surface area contributed by atoms with Gasteiger partial charge in [-0.25, -0.2) is 20.6 Å². The molecule has 7 heteroatoms. The largest absolute Gasteiger partial charge is 0.475 e. The number of carboxylic acids is 1. The molecular formula is C12H13N5O2. The Morgan fingerprint density at radius 1 is 1.26 bits per heavy atom. The van der Waals surface area contributed by atoms with Crippen LogP contribution in [-0.4, -0.2) is 32.6 Å². The molecule has 0 saturated heterocycles. The molecule has 0 bridgehead atoms. The summed E-state index contributed by atoms with van der Waals surface area (Å²) in [5.41, 5.74) is 1.13. The fraction of sp³-hybridized carbons (Fsp3) is 0.167. The zero-order valence-corrected chi connectivity index (χ0v) is 10.1. The van der Waals surface area contributed by atoms with E-state index in [1.54, 1.807) is 0 Å². The molecule has 0 amide bonds. The number of carboxylic acid groups (broad SMARTS) is 1. The van der Waals surface area contributed by atoms with Crippen LogP contribution in [0.1, 0.15) is 16.2 Å². The molecule has 0 atom stereocenters. The first kappa shape index (κ1) is 12.9. The molecule has 1 heterocycles. The minimum atomic E-state index is -1.21. The van der Waals surface area contributed by atoms with Crippen LogP contribution >= 0.6 is 0 Å². The second-order valence-corrected chi connectivity index (χ2v) is 3.84. The molecule has 1 aromatic heterocycles. The number of aromatic nitrogens is 3. The van der Waals surface area contributed by atoms with Crippen molar-refractivity contribution in [2.45, 2.75) is 6.42 Å². The van der Waals surface area contributed by atoms with Crippen LogP contribution in [0.3, 0.4) is 0 Å². The number of aromatic carboxylic acids is 1. The van der Waals surface area contributed by atoms with E-state index in [4.69, 9.17) is 10.9 Å². The summed E-state index contributed by atoms with van der Waals surface area (Å²) >= 11 is 0. The van der Waals surface area contributed by atoms with Crippen LogP contribution in [0.15, 0.2) is 36.7 Å². The lowest BCUT2D eigenvalue weighted by Gasteiger charge is -2.15. The van der Waals surface area contributed by atoms with Crippen molar-refractivity contribution in [1.29, 1.82) is 0 Å². The average Bonchev–Trinajstić information content (AvgIpc) is 2.46. The van der Waals surface area contributed by atoms with E-state index in [0.717, 1.165) is 11.9 Å². The van der Waals surface area contributed by atoms with Crippen molar-refractivity contribution in [2.24, 2.45) is 5.84 Å². The van der Waals surface area contributed by atoms with Crippen molar-refractivity contribution in [2.75, 3.05) is 11.6 Å². The van der Waals surface area contributed by atoms with Gasteiger partial charge in [-0.2, -0.15) is 4.98 Å². The number of nitrogens with zero attached hydrogens (tertiary/aromatic N) is 4. The Kier molecular flexibility index (Phi) is 3.99. The van der Waals surface area contributed by atoms with Crippen molar-refractivity contribution in [3.8, 4) is 0 Å². The normalized spacial score (nSPS) is 10.2. The highest BCUT2D eigenvalue weighted by atomic mass is 16.4. The van der Waals surface area contributed by atoms with Crippen LogP contribution in [0, 0.1) is 0 Å². The van der Waals surface area contributed by atoms with Gasteiger partial charge in [0.15, 0.2) is 0 Å². The SMILES string of the molecule is NN(CCc1ccccc1)c1ncnc(C(=O)O)n1. The molecule has 0 unspecified atom stereocenters. The molecule has 0 aliphatic rings. The standard InChI is InChI=1S/C12H13N5O2/c13-17(7-6-9-4-2-1-3-5-9)12-15-8-14-10(16-12)11(18)19/h1-5,8H,6-7,13H2,(H,18,19). The fourth-order valence-corrected chi connectivity index (χ4v) is 1.52. The lowest BCUT2D eigenvalue weighted by molar-refractivity contribution is 0.0683. The Hall–Kier alpha value is -2.54. The van der Waals surface area contributed by atoms with Crippen LogP contribution in [0.25, 0.3) is 0 Å². The van der Waals surface area contributed by atoms with Crippen LogP contribution in [0.2, 0.25) is 0 Å². The fourth-order valence-electron chi connectivity index (χ4n) is 1.52. The molecule has 0 aliphatic carbocycles. The third-order valence-electron chi connectivity index (χ3n) is 2.49. The van der Waals surface area contributed by atoms with E-state index in [2.05, 4.69) is 15.0 Å². The van der Waals surface area contributed by atoms with E-state index in [0.29, 0.717) is 13.0 Å². The molecule has 2 aromatic rings. The maximum Gasteiger partial charge on any atom is 0.374 e. The molecular weight excluding hydrogens is 246 g/mol. The summed E-state index contributed by atoms with van der Waals surface area (Å²) in [5.74, 6) is 4.41. The number of rotatable bonds is 5. The molecule has 1 aromatic carbocycles. The Morgan fingerprint density at radius 2 is 2.00 bits per heavy atom. The predicted molar refractivity (Wildman–Crippen MR) is 68.5 cm³/mol. The topological polar surface area (TPSA) is 105 Å². The Labute approximate surface area is 109 Å². The van der Waals surface area contributed by atoms with Gasteiger partial charge in [0, 0.05) is 6.54 Å². The van der Waals surface area contributed by atoms with Crippen LogP contribution in [0.4, 0.5) is 5.95 Å². The molecule has 0 spiro atoms. The molecule has 7 nitrogen and oxygen atoms in total. The Balaban J connectivity index is 2.02. The van der Waals surface area contributed by atoms with Gasteiger partial charge in [-0.3, -0.25) is 5.01 Å². The van der Waals surface area contributed by atoms with Gasteiger partial charge < -0.3 is 5.11 Å². The van der Waals surface area contributed by atoms with Gasteiger partial charge in [0.1, 0.15) is 6.33 Å². The average molecular weight is 259 g/mol. The maximum absolute atomic E-state index is 10.7. The van der Waals surface area contributed by atoms with Crippen molar-refractivity contribution < 1.29 is 9.90 Å². The van der Waals surface area contributed by atoms with E-state index in [9.17, 15) is 4.79 Å². The number of anilines is 1. The highest BCUT2D eigenvalue weighted by Crippen LogP contribution is 2.05. The van der Waals surface area contributed by atoms with Gasteiger partial charge in [0.2, 0.25) is 11.8 Å². The predicted octanol–water partition coefficient (Wildman–Crippen LogP) is 0.493. The first-order chi connectivity index (χ1) is 9.16. The number of hydrazine groups is 1. The molecule has 0 fully saturated rings. The second kappa shape index (κ2) is 5.87. The second-order valence-electron chi connectivity index (χ2n) is 3.84. The minimum Gasteiger partial charge on any atom is -0.475 e. The summed E-state index contributed by atoms with van der Waals surface area (Å²) in [6, 6.07) is 9.81. The van der Waals surface area contributed by atoms with E-state index in [-0.39, 0.29) is 11.8 Å². The van der Waals surface area contributed by atoms with Crippen LogP contribution < -0.4 is 10.9 Å². The number of nitrogens with two attached hydrogens (primary N) is 1. The molecule has 0 aliphatic heterocycles. The summed E-state index contributed by atoms with van der Waals surface area (Å²) in [7, 11) is 0. The van der Waals surface area contributed by atoms with Gasteiger partial charge in [0.05, 0.1) is 0 Å². The van der Waals surface area contributed by atoms with E-state index in [1.165, 1.54) is 5.01 Å². The highest BCUT2D eigenvalue weighted by molar-refractivity contribution is 5.83. The van der Waals surface area contributed by atoms with Gasteiger partial charge in [-0.05, 0) is 12.0 Å². The van der Waals surface area contributed by atoms with Gasteiger partial charge >= 0.3 is 5.97 Å². The molecule has 3 N–H and O–H groups in total. The van der Waals surface area contributed by atoms with Gasteiger partial charge in [-0.15, -0.1) is 0 Å². The molecule has 0 radical (unpaired) electrons. The smallest absolute Gasteiger partial charge is 0.374 e. The first-order valence-electron chi connectivity index (χ1n) is 5.65. The van der Waals surface area contributed by atoms with Crippen LogP contribution in [-0.2, 0) is 6.42 Å².